The third-order valence-corrected chi connectivity index (χ3v) is 2.82. The molecule has 92 valence electrons. The summed E-state index contributed by atoms with van der Waals surface area (Å²) >= 11 is 0. The molecule has 1 fully saturated rings. The molecule has 1 aromatic rings. The monoisotopic (exact) mass is 237 g/mol. The van der Waals surface area contributed by atoms with Gasteiger partial charge in [0.2, 0.25) is 0 Å². The van der Waals surface area contributed by atoms with Gasteiger partial charge in [0.05, 0.1) is 6.20 Å². The Hall–Kier alpha value is -1.69. The number of hydrogen-bond acceptors (Lipinski definition) is 5. The highest BCUT2D eigenvalue weighted by molar-refractivity contribution is 5.92. The third kappa shape index (κ3) is 3.13. The summed E-state index contributed by atoms with van der Waals surface area (Å²) in [5, 5.41) is 19.4. The molecule has 0 saturated carbocycles. The number of anilines is 1. The summed E-state index contributed by atoms with van der Waals surface area (Å²) in [6.07, 6.45) is 3.41. The highest BCUT2D eigenvalue weighted by Crippen LogP contribution is 2.17. The molecule has 2 N–H and O–H groups in total. The predicted octanol–water partition coefficient (Wildman–Crippen LogP) is 1.01. The quantitative estimate of drug-likeness (QED) is 0.795. The lowest BCUT2D eigenvalue weighted by Crippen LogP contribution is -2.13. The van der Waals surface area contributed by atoms with Crippen LogP contribution in [0.3, 0.4) is 0 Å². The first kappa shape index (κ1) is 11.8. The zero-order chi connectivity index (χ0) is 12.1. The van der Waals surface area contributed by atoms with Gasteiger partial charge in [0.25, 0.3) is 0 Å². The average molecular weight is 237 g/mol. The number of rotatable bonds is 5. The SMILES string of the molecule is O=C(O)c1ccnnc1NCCC1CCOC1. The number of nitrogens with one attached hydrogen (secondary N) is 1. The van der Waals surface area contributed by atoms with Gasteiger partial charge in [-0.2, -0.15) is 5.10 Å². The summed E-state index contributed by atoms with van der Waals surface area (Å²) in [4.78, 5) is 10.9. The van der Waals surface area contributed by atoms with Crippen molar-refractivity contribution in [3.63, 3.8) is 0 Å². The van der Waals surface area contributed by atoms with Crippen LogP contribution in [-0.2, 0) is 4.74 Å². The molecule has 0 bridgehead atoms. The van der Waals surface area contributed by atoms with Crippen LogP contribution in [0.1, 0.15) is 23.2 Å². The van der Waals surface area contributed by atoms with E-state index < -0.39 is 5.97 Å². The third-order valence-electron chi connectivity index (χ3n) is 2.82. The minimum absolute atomic E-state index is 0.155. The zero-order valence-corrected chi connectivity index (χ0v) is 9.43. The first-order valence-electron chi connectivity index (χ1n) is 5.64. The van der Waals surface area contributed by atoms with Gasteiger partial charge in [-0.05, 0) is 24.8 Å². The second kappa shape index (κ2) is 5.58. The van der Waals surface area contributed by atoms with Gasteiger partial charge in [-0.3, -0.25) is 0 Å². The number of carboxylic acid groups (broad SMARTS) is 1. The molecular weight excluding hydrogens is 222 g/mol. The van der Waals surface area contributed by atoms with Crippen molar-refractivity contribution in [1.29, 1.82) is 0 Å². The van der Waals surface area contributed by atoms with Crippen molar-refractivity contribution in [2.24, 2.45) is 5.92 Å². The maximum atomic E-state index is 10.9. The van der Waals surface area contributed by atoms with Crippen LogP contribution in [0.25, 0.3) is 0 Å². The minimum Gasteiger partial charge on any atom is -0.478 e. The summed E-state index contributed by atoms with van der Waals surface area (Å²) in [6.45, 7) is 2.32. The van der Waals surface area contributed by atoms with E-state index in [1.54, 1.807) is 0 Å². The van der Waals surface area contributed by atoms with Crippen LogP contribution in [0, 0.1) is 5.92 Å². The van der Waals surface area contributed by atoms with E-state index in [0.29, 0.717) is 18.3 Å². The van der Waals surface area contributed by atoms with E-state index in [-0.39, 0.29) is 5.56 Å². The van der Waals surface area contributed by atoms with E-state index in [0.717, 1.165) is 26.1 Å². The second-order valence-electron chi connectivity index (χ2n) is 4.04. The molecule has 1 saturated heterocycles. The summed E-state index contributed by atoms with van der Waals surface area (Å²) in [5.41, 5.74) is 0.155. The molecule has 0 aliphatic carbocycles. The molecule has 1 unspecified atom stereocenters. The fourth-order valence-corrected chi connectivity index (χ4v) is 1.84. The summed E-state index contributed by atoms with van der Waals surface area (Å²) in [6, 6.07) is 1.44. The maximum absolute atomic E-state index is 10.9. The van der Waals surface area contributed by atoms with Crippen LogP contribution in [0.15, 0.2) is 12.3 Å². The van der Waals surface area contributed by atoms with Gasteiger partial charge in [0.15, 0.2) is 5.82 Å². The molecule has 17 heavy (non-hydrogen) atoms. The molecular formula is C11H15N3O3. The normalized spacial score (nSPS) is 19.2. The van der Waals surface area contributed by atoms with Crippen LogP contribution in [0.5, 0.6) is 0 Å². The summed E-state index contributed by atoms with van der Waals surface area (Å²) in [7, 11) is 0. The Morgan fingerprint density at radius 3 is 3.24 bits per heavy atom. The number of carbonyl (C=O) groups is 1. The molecule has 2 rings (SSSR count). The van der Waals surface area contributed by atoms with E-state index in [9.17, 15) is 4.79 Å². The first-order chi connectivity index (χ1) is 8.27. The Kier molecular flexibility index (Phi) is 3.87. The van der Waals surface area contributed by atoms with Crippen molar-refractivity contribution in [2.75, 3.05) is 25.1 Å². The highest BCUT2D eigenvalue weighted by Gasteiger charge is 2.16. The summed E-state index contributed by atoms with van der Waals surface area (Å²) < 4.78 is 5.27. The van der Waals surface area contributed by atoms with Crippen molar-refractivity contribution in [1.82, 2.24) is 10.2 Å². The molecule has 2 heterocycles. The standard InChI is InChI=1S/C11H15N3O3/c15-11(16)9-2-5-13-14-10(9)12-4-1-8-3-6-17-7-8/h2,5,8H,1,3-4,6-7H2,(H,12,14)(H,15,16). The van der Waals surface area contributed by atoms with Crippen molar-refractivity contribution in [3.05, 3.63) is 17.8 Å². The Morgan fingerprint density at radius 2 is 2.53 bits per heavy atom. The Morgan fingerprint density at radius 1 is 1.65 bits per heavy atom. The molecule has 0 amide bonds. The van der Waals surface area contributed by atoms with E-state index in [4.69, 9.17) is 9.84 Å². The Bertz CT molecular complexity index is 391. The predicted molar refractivity (Wildman–Crippen MR) is 61.0 cm³/mol. The van der Waals surface area contributed by atoms with Gasteiger partial charge >= 0.3 is 5.97 Å². The van der Waals surface area contributed by atoms with Crippen molar-refractivity contribution < 1.29 is 14.6 Å². The fraction of sp³-hybridized carbons (Fsp3) is 0.545. The largest absolute Gasteiger partial charge is 0.478 e. The van der Waals surface area contributed by atoms with Gasteiger partial charge in [-0.1, -0.05) is 0 Å². The number of ether oxygens (including phenoxy) is 1. The average Bonchev–Trinajstić information content (AvgIpc) is 2.82. The lowest BCUT2D eigenvalue weighted by molar-refractivity contribution is 0.0697. The molecule has 0 aromatic carbocycles. The van der Waals surface area contributed by atoms with Gasteiger partial charge < -0.3 is 15.2 Å². The molecule has 6 nitrogen and oxygen atoms in total. The van der Waals surface area contributed by atoms with Crippen LogP contribution in [0.2, 0.25) is 0 Å². The molecule has 0 spiro atoms. The van der Waals surface area contributed by atoms with Crippen molar-refractivity contribution >= 4 is 11.8 Å². The van der Waals surface area contributed by atoms with Crippen molar-refractivity contribution in [3.8, 4) is 0 Å². The molecule has 6 heteroatoms. The number of aromatic nitrogens is 2. The number of hydrogen-bond donors (Lipinski definition) is 2. The number of nitrogens with zero attached hydrogens (tertiary/aromatic N) is 2. The topological polar surface area (TPSA) is 84.3 Å². The van der Waals surface area contributed by atoms with Gasteiger partial charge in [-0.25, -0.2) is 4.79 Å². The summed E-state index contributed by atoms with van der Waals surface area (Å²) in [5.74, 6) is -0.0991. The molecule has 1 atom stereocenters. The lowest BCUT2D eigenvalue weighted by Gasteiger charge is -2.10. The molecule has 1 aliphatic heterocycles. The van der Waals surface area contributed by atoms with E-state index >= 15 is 0 Å². The van der Waals surface area contributed by atoms with Crippen LogP contribution >= 0.6 is 0 Å². The smallest absolute Gasteiger partial charge is 0.339 e. The van der Waals surface area contributed by atoms with Crippen LogP contribution < -0.4 is 5.32 Å². The lowest BCUT2D eigenvalue weighted by atomic mass is 10.1. The number of carboxylic acids is 1. The van der Waals surface area contributed by atoms with E-state index in [1.165, 1.54) is 12.3 Å². The maximum Gasteiger partial charge on any atom is 0.339 e. The fourth-order valence-electron chi connectivity index (χ4n) is 1.84. The minimum atomic E-state index is -0.994. The number of aromatic carboxylic acids is 1. The molecule has 1 aromatic heterocycles. The van der Waals surface area contributed by atoms with Crippen LogP contribution in [0.4, 0.5) is 5.82 Å². The first-order valence-corrected chi connectivity index (χ1v) is 5.64. The second-order valence-corrected chi connectivity index (χ2v) is 4.04. The van der Waals surface area contributed by atoms with Crippen LogP contribution in [-0.4, -0.2) is 41.0 Å². The van der Waals surface area contributed by atoms with Gasteiger partial charge in [0.1, 0.15) is 5.56 Å². The Balaban J connectivity index is 1.87. The van der Waals surface area contributed by atoms with Gasteiger partial charge in [-0.15, -0.1) is 5.10 Å². The highest BCUT2D eigenvalue weighted by atomic mass is 16.5. The van der Waals surface area contributed by atoms with Crippen molar-refractivity contribution in [2.45, 2.75) is 12.8 Å². The van der Waals surface area contributed by atoms with Gasteiger partial charge in [0, 0.05) is 19.8 Å². The van der Waals surface area contributed by atoms with E-state index in [1.807, 2.05) is 0 Å². The molecule has 1 aliphatic rings. The Labute approximate surface area is 99.0 Å². The zero-order valence-electron chi connectivity index (χ0n) is 9.43. The molecule has 0 radical (unpaired) electrons. The van der Waals surface area contributed by atoms with E-state index in [2.05, 4.69) is 15.5 Å².